The number of benzene rings is 1. The Morgan fingerprint density at radius 3 is 2.04 bits per heavy atom. The third-order valence-electron chi connectivity index (χ3n) is 3.59. The summed E-state index contributed by atoms with van der Waals surface area (Å²) in [5, 5.41) is 13.2. The standard InChI is InChI=1S/C19H29NO3/c1-8-16(21)20-12-23-11-13-9-14(18(2,3)4)17(22)15(10-13)19(5,6)7/h8-10,22H,1,11-12H2,2-7H3,(H,20,21). The van der Waals surface area contributed by atoms with Gasteiger partial charge in [-0.25, -0.2) is 0 Å². The molecule has 0 atom stereocenters. The van der Waals surface area contributed by atoms with Gasteiger partial charge in [0.05, 0.1) is 6.61 Å². The smallest absolute Gasteiger partial charge is 0.245 e. The fraction of sp³-hybridized carbons (Fsp3) is 0.526. The van der Waals surface area contributed by atoms with Crippen LogP contribution in [0.3, 0.4) is 0 Å². The average Bonchev–Trinajstić information content (AvgIpc) is 2.41. The molecule has 1 rings (SSSR count). The Balaban J connectivity index is 3.04. The molecule has 1 aromatic carbocycles. The van der Waals surface area contributed by atoms with Crippen molar-refractivity contribution in [1.82, 2.24) is 5.32 Å². The molecule has 0 aliphatic rings. The lowest BCUT2D eigenvalue weighted by molar-refractivity contribution is -0.118. The minimum absolute atomic E-state index is 0.126. The molecule has 4 nitrogen and oxygen atoms in total. The van der Waals surface area contributed by atoms with E-state index in [1.807, 2.05) is 12.1 Å². The Bertz CT molecular complexity index is 542. The van der Waals surface area contributed by atoms with Gasteiger partial charge in [-0.3, -0.25) is 4.79 Å². The summed E-state index contributed by atoms with van der Waals surface area (Å²) in [6.07, 6.45) is 1.21. The van der Waals surface area contributed by atoms with Crippen molar-refractivity contribution in [1.29, 1.82) is 0 Å². The summed E-state index contributed by atoms with van der Waals surface area (Å²) in [5.74, 6) is 0.0928. The van der Waals surface area contributed by atoms with E-state index in [1.54, 1.807) is 0 Å². The molecule has 0 aliphatic carbocycles. The molecule has 23 heavy (non-hydrogen) atoms. The molecule has 1 amide bonds. The van der Waals surface area contributed by atoms with E-state index < -0.39 is 0 Å². The fourth-order valence-corrected chi connectivity index (χ4v) is 2.28. The van der Waals surface area contributed by atoms with Gasteiger partial charge in [0, 0.05) is 0 Å². The van der Waals surface area contributed by atoms with Gasteiger partial charge in [0.15, 0.2) is 0 Å². The lowest BCUT2D eigenvalue weighted by Gasteiger charge is -2.28. The van der Waals surface area contributed by atoms with Crippen molar-refractivity contribution in [3.63, 3.8) is 0 Å². The first-order valence-corrected chi connectivity index (χ1v) is 7.81. The number of carbonyl (C=O) groups is 1. The zero-order chi connectivity index (χ0) is 17.8. The first-order valence-electron chi connectivity index (χ1n) is 7.81. The lowest BCUT2D eigenvalue weighted by Crippen LogP contribution is -2.24. The second kappa shape index (κ2) is 7.18. The Kier molecular flexibility index (Phi) is 6.00. The summed E-state index contributed by atoms with van der Waals surface area (Å²) in [4.78, 5) is 11.1. The molecule has 1 aromatic rings. The number of phenols is 1. The van der Waals surface area contributed by atoms with Gasteiger partial charge >= 0.3 is 0 Å². The number of nitrogens with one attached hydrogen (secondary N) is 1. The fourth-order valence-electron chi connectivity index (χ4n) is 2.28. The van der Waals surface area contributed by atoms with Crippen molar-refractivity contribution in [2.24, 2.45) is 0 Å². The molecule has 0 saturated heterocycles. The summed E-state index contributed by atoms with van der Waals surface area (Å²) in [6, 6.07) is 3.94. The number of aromatic hydroxyl groups is 1. The molecule has 0 bridgehead atoms. The SMILES string of the molecule is C=CC(=O)NCOCc1cc(C(C)(C)C)c(O)c(C(C)(C)C)c1. The van der Waals surface area contributed by atoms with Gasteiger partial charge in [0.1, 0.15) is 12.5 Å². The number of amides is 1. The number of carbonyl (C=O) groups excluding carboxylic acids is 1. The molecule has 0 aromatic heterocycles. The molecule has 4 heteroatoms. The highest BCUT2D eigenvalue weighted by Gasteiger charge is 2.26. The van der Waals surface area contributed by atoms with Gasteiger partial charge in [0.25, 0.3) is 0 Å². The molecule has 0 radical (unpaired) electrons. The predicted molar refractivity (Wildman–Crippen MR) is 93.5 cm³/mol. The molecule has 0 fully saturated rings. The second-order valence-corrected chi connectivity index (χ2v) is 7.78. The van der Waals surface area contributed by atoms with E-state index in [0.29, 0.717) is 12.4 Å². The third kappa shape index (κ3) is 5.39. The van der Waals surface area contributed by atoms with E-state index >= 15 is 0 Å². The number of ether oxygens (including phenoxy) is 1. The van der Waals surface area contributed by atoms with Crippen LogP contribution in [-0.4, -0.2) is 17.7 Å². The first-order chi connectivity index (χ1) is 10.5. The molecule has 0 unspecified atom stereocenters. The summed E-state index contributed by atoms with van der Waals surface area (Å²) < 4.78 is 5.51. The van der Waals surface area contributed by atoms with Crippen LogP contribution in [0.1, 0.15) is 58.2 Å². The number of phenolic OH excluding ortho intramolecular Hbond substituents is 1. The monoisotopic (exact) mass is 319 g/mol. The van der Waals surface area contributed by atoms with E-state index in [9.17, 15) is 9.90 Å². The minimum Gasteiger partial charge on any atom is -0.507 e. The molecule has 0 saturated carbocycles. The van der Waals surface area contributed by atoms with Crippen molar-refractivity contribution in [3.05, 3.63) is 41.5 Å². The van der Waals surface area contributed by atoms with E-state index in [4.69, 9.17) is 4.74 Å². The average molecular weight is 319 g/mol. The van der Waals surface area contributed by atoms with Crippen molar-refractivity contribution in [2.75, 3.05) is 6.73 Å². The predicted octanol–water partition coefficient (Wildman–Crippen LogP) is 3.76. The summed E-state index contributed by atoms with van der Waals surface area (Å²) >= 11 is 0. The quantitative estimate of drug-likeness (QED) is 0.493. The Labute approximate surface area is 139 Å². The van der Waals surface area contributed by atoms with Gasteiger partial charge in [-0.1, -0.05) is 48.1 Å². The van der Waals surface area contributed by atoms with Gasteiger partial charge < -0.3 is 15.2 Å². The van der Waals surface area contributed by atoms with Crippen molar-refractivity contribution in [3.8, 4) is 5.75 Å². The molecule has 128 valence electrons. The summed E-state index contributed by atoms with van der Waals surface area (Å²) in [7, 11) is 0. The van der Waals surface area contributed by atoms with Gasteiger partial charge in [-0.15, -0.1) is 0 Å². The minimum atomic E-state index is -0.263. The highest BCUT2D eigenvalue weighted by atomic mass is 16.5. The van der Waals surface area contributed by atoms with Crippen molar-refractivity contribution in [2.45, 2.75) is 59.0 Å². The van der Waals surface area contributed by atoms with Crippen LogP contribution in [0.15, 0.2) is 24.8 Å². The van der Waals surface area contributed by atoms with Crippen LogP contribution in [0.25, 0.3) is 0 Å². The summed E-state index contributed by atoms with van der Waals surface area (Å²) in [6.45, 7) is 16.3. The van der Waals surface area contributed by atoms with E-state index in [-0.39, 0.29) is 23.5 Å². The van der Waals surface area contributed by atoms with Crippen LogP contribution < -0.4 is 5.32 Å². The van der Waals surface area contributed by atoms with E-state index in [0.717, 1.165) is 16.7 Å². The largest absolute Gasteiger partial charge is 0.507 e. The van der Waals surface area contributed by atoms with Gasteiger partial charge in [-0.2, -0.15) is 0 Å². The van der Waals surface area contributed by atoms with Crippen molar-refractivity contribution >= 4 is 5.91 Å². The Hall–Kier alpha value is -1.81. The summed E-state index contributed by atoms with van der Waals surface area (Å²) in [5.41, 5.74) is 2.44. The van der Waals surface area contributed by atoms with Gasteiger partial charge in [-0.05, 0) is 45.7 Å². The number of rotatable bonds is 5. The molecule has 2 N–H and O–H groups in total. The maximum atomic E-state index is 11.1. The Morgan fingerprint density at radius 1 is 1.17 bits per heavy atom. The van der Waals surface area contributed by atoms with Crippen LogP contribution in [0, 0.1) is 0 Å². The zero-order valence-corrected chi connectivity index (χ0v) is 15.1. The zero-order valence-electron chi connectivity index (χ0n) is 15.1. The topological polar surface area (TPSA) is 58.6 Å². The maximum absolute atomic E-state index is 11.1. The molecular formula is C19H29NO3. The molecule has 0 aliphatic heterocycles. The third-order valence-corrected chi connectivity index (χ3v) is 3.59. The van der Waals surface area contributed by atoms with E-state index in [2.05, 4.69) is 53.4 Å². The normalized spacial score (nSPS) is 12.1. The van der Waals surface area contributed by atoms with Gasteiger partial charge in [0.2, 0.25) is 5.91 Å². The van der Waals surface area contributed by atoms with Crippen LogP contribution in [0.4, 0.5) is 0 Å². The molecular weight excluding hydrogens is 290 g/mol. The highest BCUT2D eigenvalue weighted by molar-refractivity contribution is 5.86. The first kappa shape index (κ1) is 19.2. The highest BCUT2D eigenvalue weighted by Crippen LogP contribution is 2.39. The van der Waals surface area contributed by atoms with Crippen molar-refractivity contribution < 1.29 is 14.6 Å². The number of hydrogen-bond acceptors (Lipinski definition) is 3. The lowest BCUT2D eigenvalue weighted by atomic mass is 9.78. The molecule has 0 heterocycles. The van der Waals surface area contributed by atoms with Crippen LogP contribution >= 0.6 is 0 Å². The van der Waals surface area contributed by atoms with Crippen LogP contribution in [0.2, 0.25) is 0 Å². The second-order valence-electron chi connectivity index (χ2n) is 7.78. The Morgan fingerprint density at radius 2 is 1.65 bits per heavy atom. The van der Waals surface area contributed by atoms with E-state index in [1.165, 1.54) is 6.08 Å². The van der Waals surface area contributed by atoms with Crippen LogP contribution in [-0.2, 0) is 27.0 Å². The number of hydrogen-bond donors (Lipinski definition) is 2. The maximum Gasteiger partial charge on any atom is 0.245 e. The molecule has 0 spiro atoms. The van der Waals surface area contributed by atoms with Crippen LogP contribution in [0.5, 0.6) is 5.75 Å².